The van der Waals surface area contributed by atoms with Gasteiger partial charge in [0.05, 0.1) is 0 Å². The molecule has 1 aromatic carbocycles. The van der Waals surface area contributed by atoms with E-state index in [1.54, 1.807) is 12.3 Å². The average Bonchev–Trinajstić information content (AvgIpc) is 3.14. The highest BCUT2D eigenvalue weighted by atomic mass is 35.5. The molecule has 4 nitrogen and oxygen atoms in total. The number of hydrogen-bond acceptors (Lipinski definition) is 3. The van der Waals surface area contributed by atoms with Crippen LogP contribution in [0.25, 0.3) is 11.1 Å². The molecule has 2 aromatic rings. The fraction of sp³-hybridized carbons (Fsp3) is 0.435. The summed E-state index contributed by atoms with van der Waals surface area (Å²) < 4.78 is 0. The van der Waals surface area contributed by atoms with Crippen molar-refractivity contribution in [2.75, 3.05) is 6.54 Å². The van der Waals surface area contributed by atoms with Gasteiger partial charge in [-0.3, -0.25) is 14.6 Å². The van der Waals surface area contributed by atoms with E-state index in [9.17, 15) is 9.59 Å². The molecule has 1 aromatic heterocycles. The summed E-state index contributed by atoms with van der Waals surface area (Å²) in [6, 6.07) is 9.57. The van der Waals surface area contributed by atoms with Gasteiger partial charge in [-0.15, -0.1) is 0 Å². The van der Waals surface area contributed by atoms with E-state index >= 15 is 0 Å². The summed E-state index contributed by atoms with van der Waals surface area (Å²) in [6.07, 6.45) is 7.38. The zero-order chi connectivity index (χ0) is 20.4. The van der Waals surface area contributed by atoms with E-state index in [0.29, 0.717) is 28.9 Å². The molecule has 152 valence electrons. The van der Waals surface area contributed by atoms with E-state index in [0.717, 1.165) is 55.5 Å². The smallest absolute Gasteiger partial charge is 0.222 e. The largest absolute Gasteiger partial charge is 0.340 e. The number of halogens is 2. The van der Waals surface area contributed by atoms with Crippen molar-refractivity contribution in [2.45, 2.75) is 51.0 Å². The predicted molar refractivity (Wildman–Crippen MR) is 115 cm³/mol. The van der Waals surface area contributed by atoms with Crippen LogP contribution in [-0.2, 0) is 16.0 Å². The molecule has 1 aliphatic carbocycles. The van der Waals surface area contributed by atoms with Crippen LogP contribution < -0.4 is 0 Å². The third-order valence-electron chi connectivity index (χ3n) is 6.08. The zero-order valence-corrected chi connectivity index (χ0v) is 17.8. The van der Waals surface area contributed by atoms with Crippen molar-refractivity contribution < 1.29 is 9.59 Å². The van der Waals surface area contributed by atoms with Crippen LogP contribution >= 0.6 is 23.2 Å². The summed E-state index contributed by atoms with van der Waals surface area (Å²) in [5.41, 5.74) is 2.60. The fourth-order valence-corrected chi connectivity index (χ4v) is 5.03. The number of amides is 1. The number of nitrogens with zero attached hydrogens (tertiary/aromatic N) is 2. The van der Waals surface area contributed by atoms with Gasteiger partial charge >= 0.3 is 0 Å². The standard InChI is InChI=1S/C23H24Cl2N2O2/c24-18-10-17(11-19(25)12-18)16-3-6-20(26-14-16)13-22(28)15-4-7-21(8-5-15)27-9-1-2-23(27)29/h3,6,10-12,14-15,21H,1-2,4-5,7-9,13H2. The quantitative estimate of drug-likeness (QED) is 0.642. The molecule has 1 saturated carbocycles. The maximum absolute atomic E-state index is 12.7. The van der Waals surface area contributed by atoms with E-state index < -0.39 is 0 Å². The molecular formula is C23H24Cl2N2O2. The van der Waals surface area contributed by atoms with Gasteiger partial charge in [-0.05, 0) is 61.9 Å². The number of pyridine rings is 1. The maximum atomic E-state index is 12.7. The molecule has 29 heavy (non-hydrogen) atoms. The monoisotopic (exact) mass is 430 g/mol. The van der Waals surface area contributed by atoms with Gasteiger partial charge in [0.25, 0.3) is 0 Å². The lowest BCUT2D eigenvalue weighted by Gasteiger charge is -2.34. The summed E-state index contributed by atoms with van der Waals surface area (Å²) in [7, 11) is 0. The molecule has 1 saturated heterocycles. The number of ketones is 1. The Labute approximate surface area is 181 Å². The number of carbonyl (C=O) groups excluding carboxylic acids is 2. The first kappa shape index (κ1) is 20.4. The van der Waals surface area contributed by atoms with Gasteiger partial charge in [0.15, 0.2) is 0 Å². The normalized spacial score (nSPS) is 22.1. The van der Waals surface area contributed by atoms with Crippen LogP contribution in [0.1, 0.15) is 44.2 Å². The molecule has 0 unspecified atom stereocenters. The van der Waals surface area contributed by atoms with Crippen molar-refractivity contribution in [1.82, 2.24) is 9.88 Å². The molecule has 1 amide bonds. The van der Waals surface area contributed by atoms with Gasteiger partial charge in [0, 0.05) is 58.8 Å². The Kier molecular flexibility index (Phi) is 6.21. The van der Waals surface area contributed by atoms with Gasteiger partial charge in [-0.1, -0.05) is 29.3 Å². The molecule has 4 rings (SSSR count). The van der Waals surface area contributed by atoms with Crippen molar-refractivity contribution in [1.29, 1.82) is 0 Å². The summed E-state index contributed by atoms with van der Waals surface area (Å²) in [5, 5.41) is 1.16. The van der Waals surface area contributed by atoms with E-state index in [4.69, 9.17) is 23.2 Å². The van der Waals surface area contributed by atoms with E-state index in [1.165, 1.54) is 0 Å². The molecule has 0 atom stereocenters. The Morgan fingerprint density at radius 1 is 1.03 bits per heavy atom. The summed E-state index contributed by atoms with van der Waals surface area (Å²) >= 11 is 12.1. The van der Waals surface area contributed by atoms with E-state index in [2.05, 4.69) is 4.98 Å². The van der Waals surface area contributed by atoms with Crippen LogP contribution in [0, 0.1) is 5.92 Å². The number of benzene rings is 1. The molecule has 0 spiro atoms. The molecule has 0 N–H and O–H groups in total. The first-order valence-corrected chi connectivity index (χ1v) is 11.0. The maximum Gasteiger partial charge on any atom is 0.222 e. The molecular weight excluding hydrogens is 407 g/mol. The Bertz CT molecular complexity index is 885. The van der Waals surface area contributed by atoms with Crippen LogP contribution in [0.2, 0.25) is 10.0 Å². The Morgan fingerprint density at radius 2 is 1.76 bits per heavy atom. The van der Waals surface area contributed by atoms with Crippen LogP contribution in [0.15, 0.2) is 36.5 Å². The van der Waals surface area contributed by atoms with Crippen LogP contribution in [-0.4, -0.2) is 34.2 Å². The lowest BCUT2D eigenvalue weighted by atomic mass is 9.82. The molecule has 2 aliphatic rings. The first-order chi connectivity index (χ1) is 14.0. The van der Waals surface area contributed by atoms with Crippen molar-refractivity contribution in [3.63, 3.8) is 0 Å². The lowest BCUT2D eigenvalue weighted by Crippen LogP contribution is -2.40. The van der Waals surface area contributed by atoms with Gasteiger partial charge in [-0.25, -0.2) is 0 Å². The van der Waals surface area contributed by atoms with Crippen molar-refractivity contribution in [3.05, 3.63) is 52.3 Å². The number of Topliss-reactive ketones (excluding diaryl/α,β-unsaturated/α-hetero) is 1. The van der Waals surface area contributed by atoms with Crippen LogP contribution in [0.4, 0.5) is 0 Å². The van der Waals surface area contributed by atoms with Gasteiger partial charge in [-0.2, -0.15) is 0 Å². The minimum Gasteiger partial charge on any atom is -0.340 e. The van der Waals surface area contributed by atoms with Gasteiger partial charge in [0.1, 0.15) is 5.78 Å². The second-order valence-electron chi connectivity index (χ2n) is 8.04. The Balaban J connectivity index is 1.33. The van der Waals surface area contributed by atoms with Crippen LogP contribution in [0.3, 0.4) is 0 Å². The number of likely N-dealkylation sites (tertiary alicyclic amines) is 1. The Morgan fingerprint density at radius 3 is 2.34 bits per heavy atom. The van der Waals surface area contributed by atoms with Crippen molar-refractivity contribution in [3.8, 4) is 11.1 Å². The predicted octanol–water partition coefficient (Wildman–Crippen LogP) is 5.35. The third kappa shape index (κ3) is 4.81. The molecule has 0 bridgehead atoms. The summed E-state index contributed by atoms with van der Waals surface area (Å²) in [5.74, 6) is 0.615. The molecule has 2 fully saturated rings. The average molecular weight is 431 g/mol. The number of rotatable bonds is 5. The highest BCUT2D eigenvalue weighted by molar-refractivity contribution is 6.35. The minimum absolute atomic E-state index is 0.0807. The van der Waals surface area contributed by atoms with Crippen LogP contribution in [0.5, 0.6) is 0 Å². The number of carbonyl (C=O) groups is 2. The highest BCUT2D eigenvalue weighted by Gasteiger charge is 2.33. The fourth-order valence-electron chi connectivity index (χ4n) is 4.51. The summed E-state index contributed by atoms with van der Waals surface area (Å²) in [4.78, 5) is 31.2. The van der Waals surface area contributed by atoms with Gasteiger partial charge < -0.3 is 4.90 Å². The van der Waals surface area contributed by atoms with Gasteiger partial charge in [0.2, 0.25) is 5.91 Å². The second kappa shape index (κ2) is 8.85. The number of hydrogen-bond donors (Lipinski definition) is 0. The third-order valence-corrected chi connectivity index (χ3v) is 6.52. The summed E-state index contributed by atoms with van der Waals surface area (Å²) in [6.45, 7) is 0.885. The van der Waals surface area contributed by atoms with E-state index in [-0.39, 0.29) is 17.6 Å². The minimum atomic E-state index is 0.0807. The highest BCUT2D eigenvalue weighted by Crippen LogP contribution is 2.31. The molecule has 0 radical (unpaired) electrons. The molecule has 6 heteroatoms. The molecule has 2 heterocycles. The Hall–Kier alpha value is -1.91. The first-order valence-electron chi connectivity index (χ1n) is 10.2. The second-order valence-corrected chi connectivity index (χ2v) is 8.91. The lowest BCUT2D eigenvalue weighted by molar-refractivity contribution is -0.130. The zero-order valence-electron chi connectivity index (χ0n) is 16.2. The topological polar surface area (TPSA) is 50.3 Å². The SMILES string of the molecule is O=C(Cc1ccc(-c2cc(Cl)cc(Cl)c2)cn1)C1CCC(N2CCCC2=O)CC1. The number of aromatic nitrogens is 1. The van der Waals surface area contributed by atoms with Crippen molar-refractivity contribution in [2.24, 2.45) is 5.92 Å². The van der Waals surface area contributed by atoms with Crippen molar-refractivity contribution >= 4 is 34.9 Å². The van der Waals surface area contributed by atoms with E-state index in [1.807, 2.05) is 29.2 Å². The molecule has 1 aliphatic heterocycles.